The van der Waals surface area contributed by atoms with E-state index in [2.05, 4.69) is 6.58 Å². The molecule has 2 aromatic rings. The van der Waals surface area contributed by atoms with Crippen LogP contribution in [0, 0.1) is 5.41 Å². The molecule has 0 spiro atoms. The Bertz CT molecular complexity index is 972. The molecule has 0 amide bonds. The highest BCUT2D eigenvalue weighted by Crippen LogP contribution is 2.49. The van der Waals surface area contributed by atoms with Gasteiger partial charge in [-0.1, -0.05) is 87.5 Å². The van der Waals surface area contributed by atoms with Gasteiger partial charge in [-0.05, 0) is 5.41 Å². The van der Waals surface area contributed by atoms with Gasteiger partial charge in [0.05, 0.1) is 6.10 Å². The molecule has 0 aromatic heterocycles. The molecule has 0 bridgehead atoms. The average molecular weight is 521 g/mol. The summed E-state index contributed by atoms with van der Waals surface area (Å²) in [6.07, 6.45) is -12.6. The monoisotopic (exact) mass is 520 g/mol. The number of alkyl halides is 6. The zero-order valence-electron chi connectivity index (χ0n) is 20.6. The predicted octanol–water partition coefficient (Wildman–Crippen LogP) is 7.11. The molecule has 0 heterocycles. The van der Waals surface area contributed by atoms with E-state index in [0.29, 0.717) is 0 Å². The van der Waals surface area contributed by atoms with Crippen LogP contribution in [0.1, 0.15) is 31.9 Å². The van der Waals surface area contributed by atoms with Crippen molar-refractivity contribution in [2.24, 2.45) is 5.41 Å². The fraction of sp³-hybridized carbons (Fsp3) is 0.462. The minimum Gasteiger partial charge on any atom is -0.342 e. The first kappa shape index (κ1) is 29.8. The summed E-state index contributed by atoms with van der Waals surface area (Å²) in [5, 5.41) is 0. The second-order valence-electron chi connectivity index (χ2n) is 9.09. The van der Waals surface area contributed by atoms with Crippen molar-refractivity contribution < 1.29 is 45.3 Å². The molecule has 0 fully saturated rings. The third-order valence-electron chi connectivity index (χ3n) is 5.61. The lowest BCUT2D eigenvalue weighted by atomic mass is 9.84. The quantitative estimate of drug-likeness (QED) is 0.190. The summed E-state index contributed by atoms with van der Waals surface area (Å²) in [6.45, 7) is 8.04. The van der Waals surface area contributed by atoms with E-state index in [1.165, 1.54) is 57.2 Å². The minimum atomic E-state index is -5.12. The molecule has 2 unspecified atom stereocenters. The van der Waals surface area contributed by atoms with Gasteiger partial charge in [-0.3, -0.25) is 0 Å². The zero-order chi connectivity index (χ0) is 27.4. The van der Waals surface area contributed by atoms with Crippen LogP contribution in [0.2, 0.25) is 0 Å². The van der Waals surface area contributed by atoms with E-state index < -0.39 is 52.7 Å². The van der Waals surface area contributed by atoms with Gasteiger partial charge in [-0.15, -0.1) is 6.58 Å². The summed E-state index contributed by atoms with van der Waals surface area (Å²) in [7, 11) is 1.61. The highest BCUT2D eigenvalue weighted by atomic mass is 19.4. The molecule has 0 aliphatic carbocycles. The Morgan fingerprint density at radius 2 is 1.03 bits per heavy atom. The summed E-state index contributed by atoms with van der Waals surface area (Å²) >= 11 is 0. The third kappa shape index (κ3) is 5.77. The van der Waals surface area contributed by atoms with Crippen molar-refractivity contribution in [1.29, 1.82) is 0 Å². The Morgan fingerprint density at radius 3 is 1.31 bits per heavy atom. The van der Waals surface area contributed by atoms with Crippen molar-refractivity contribution >= 4 is 0 Å². The lowest BCUT2D eigenvalue weighted by Crippen LogP contribution is -2.57. The molecule has 2 rings (SSSR count). The second kappa shape index (κ2) is 10.9. The zero-order valence-corrected chi connectivity index (χ0v) is 20.6. The van der Waals surface area contributed by atoms with E-state index in [4.69, 9.17) is 18.9 Å². The molecule has 36 heavy (non-hydrogen) atoms. The Kier molecular flexibility index (Phi) is 9.05. The molecule has 0 radical (unpaired) electrons. The van der Waals surface area contributed by atoms with Crippen LogP contribution in [0.15, 0.2) is 73.3 Å². The molecule has 2 aromatic carbocycles. The summed E-state index contributed by atoms with van der Waals surface area (Å²) in [5.74, 6) is -6.63. The van der Waals surface area contributed by atoms with Crippen LogP contribution in [0.4, 0.5) is 26.3 Å². The lowest BCUT2D eigenvalue weighted by Gasteiger charge is -2.46. The SMILES string of the molecule is C=C[C@H](OC(OC)(c1ccccc1)C(F)(F)F)[C@H](OC(OC)(c1ccccc1)C(F)(F)F)C(C)(C)C. The second-order valence-corrected chi connectivity index (χ2v) is 9.09. The third-order valence-corrected chi connectivity index (χ3v) is 5.61. The van der Waals surface area contributed by atoms with Crippen molar-refractivity contribution in [3.05, 3.63) is 84.4 Å². The number of ether oxygens (including phenoxy) is 4. The van der Waals surface area contributed by atoms with Gasteiger partial charge in [-0.2, -0.15) is 26.3 Å². The van der Waals surface area contributed by atoms with Crippen LogP contribution in [0.25, 0.3) is 0 Å². The first-order valence-electron chi connectivity index (χ1n) is 10.9. The number of methoxy groups -OCH3 is 2. The van der Waals surface area contributed by atoms with Crippen molar-refractivity contribution in [3.63, 3.8) is 0 Å². The maximum absolute atomic E-state index is 14.5. The molecule has 4 atom stereocenters. The van der Waals surface area contributed by atoms with Gasteiger partial charge in [-0.25, -0.2) is 0 Å². The van der Waals surface area contributed by atoms with E-state index >= 15 is 0 Å². The summed E-state index contributed by atoms with van der Waals surface area (Å²) in [5.41, 5.74) is -1.99. The van der Waals surface area contributed by atoms with Crippen molar-refractivity contribution in [2.75, 3.05) is 14.2 Å². The molecule has 0 aliphatic rings. The van der Waals surface area contributed by atoms with Crippen LogP contribution in [-0.4, -0.2) is 38.8 Å². The Balaban J connectivity index is 2.69. The molecule has 4 nitrogen and oxygen atoms in total. The van der Waals surface area contributed by atoms with Gasteiger partial charge in [0, 0.05) is 25.3 Å². The molecule has 0 aliphatic heterocycles. The van der Waals surface area contributed by atoms with Crippen molar-refractivity contribution in [1.82, 2.24) is 0 Å². The van der Waals surface area contributed by atoms with Gasteiger partial charge in [0.15, 0.2) is 0 Å². The van der Waals surface area contributed by atoms with Crippen LogP contribution in [-0.2, 0) is 30.5 Å². The van der Waals surface area contributed by atoms with Gasteiger partial charge in [0.2, 0.25) is 0 Å². The van der Waals surface area contributed by atoms with E-state index in [0.717, 1.165) is 44.6 Å². The lowest BCUT2D eigenvalue weighted by molar-refractivity contribution is -0.427. The first-order valence-corrected chi connectivity index (χ1v) is 10.9. The van der Waals surface area contributed by atoms with E-state index in [-0.39, 0.29) is 0 Å². The fourth-order valence-corrected chi connectivity index (χ4v) is 3.82. The van der Waals surface area contributed by atoms with Crippen molar-refractivity contribution in [2.45, 2.75) is 56.9 Å². The van der Waals surface area contributed by atoms with Gasteiger partial charge >= 0.3 is 12.4 Å². The largest absolute Gasteiger partial charge is 0.448 e. The van der Waals surface area contributed by atoms with E-state index in [9.17, 15) is 26.3 Å². The highest BCUT2D eigenvalue weighted by molar-refractivity contribution is 5.24. The van der Waals surface area contributed by atoms with E-state index in [1.807, 2.05) is 0 Å². The molecule has 0 saturated carbocycles. The topological polar surface area (TPSA) is 36.9 Å². The molecule has 10 heteroatoms. The Morgan fingerprint density at radius 1 is 0.667 bits per heavy atom. The molecular weight excluding hydrogens is 490 g/mol. The number of benzene rings is 2. The maximum Gasteiger partial charge on any atom is 0.448 e. The Labute approximate surface area is 206 Å². The number of hydrogen-bond acceptors (Lipinski definition) is 4. The predicted molar refractivity (Wildman–Crippen MR) is 122 cm³/mol. The van der Waals surface area contributed by atoms with Gasteiger partial charge in [0.1, 0.15) is 6.10 Å². The highest BCUT2D eigenvalue weighted by Gasteiger charge is 2.63. The summed E-state index contributed by atoms with van der Waals surface area (Å²) in [6, 6.07) is 13.0. The molecule has 200 valence electrons. The van der Waals surface area contributed by atoms with E-state index in [1.54, 1.807) is 0 Å². The number of rotatable bonds is 10. The fourth-order valence-electron chi connectivity index (χ4n) is 3.82. The number of hydrogen-bond donors (Lipinski definition) is 0. The normalized spacial score (nSPS) is 18.1. The number of halogens is 6. The van der Waals surface area contributed by atoms with Crippen LogP contribution >= 0.6 is 0 Å². The molecular formula is C26H30F6O4. The Hall–Kier alpha value is -2.40. The van der Waals surface area contributed by atoms with Crippen LogP contribution in [0.5, 0.6) is 0 Å². The maximum atomic E-state index is 14.5. The standard InChI is InChI=1S/C26H30F6O4/c1-7-20(35-23(33-5,25(27,28)29)18-14-10-8-11-15-18)21(22(2,3)4)36-24(34-6,26(30,31)32)19-16-12-9-13-17-19/h7-17,20-21H,1H2,2-6H3/t20-,21-,23?,24?/m0/s1. The van der Waals surface area contributed by atoms with Gasteiger partial charge in [0.25, 0.3) is 11.6 Å². The molecule has 0 saturated heterocycles. The van der Waals surface area contributed by atoms with Gasteiger partial charge < -0.3 is 18.9 Å². The summed E-state index contributed by atoms with van der Waals surface area (Å²) in [4.78, 5) is 0. The smallest absolute Gasteiger partial charge is 0.342 e. The summed E-state index contributed by atoms with van der Waals surface area (Å²) < 4.78 is 108. The minimum absolute atomic E-state index is 0.394. The van der Waals surface area contributed by atoms with Crippen LogP contribution in [0.3, 0.4) is 0 Å². The first-order chi connectivity index (χ1) is 16.6. The van der Waals surface area contributed by atoms with Crippen molar-refractivity contribution in [3.8, 4) is 0 Å². The molecule has 0 N–H and O–H groups in total. The van der Waals surface area contributed by atoms with Crippen LogP contribution < -0.4 is 0 Å². The average Bonchev–Trinajstić information content (AvgIpc) is 2.80.